The van der Waals surface area contributed by atoms with Gasteiger partial charge in [0.25, 0.3) is 0 Å². The molecule has 0 saturated carbocycles. The van der Waals surface area contributed by atoms with Gasteiger partial charge in [-0.1, -0.05) is 25.2 Å². The summed E-state index contributed by atoms with van der Waals surface area (Å²) in [6.07, 6.45) is 0. The van der Waals surface area contributed by atoms with E-state index in [-0.39, 0.29) is 22.5 Å². The Morgan fingerprint density at radius 3 is 2.58 bits per heavy atom. The number of carbonyl (C=O) groups is 1. The smallest absolute Gasteiger partial charge is 0.241 e. The number of carbonyl (C=O) groups excluding carboxylic acids is 1. The molecule has 1 aromatic heterocycles. The molecule has 2 rings (SSSR count). The predicted octanol–water partition coefficient (Wildman–Crippen LogP) is 2.37. The Bertz CT molecular complexity index is 873. The highest BCUT2D eigenvalue weighted by atomic mass is 32.2. The molecule has 0 aliphatic heterocycles. The highest BCUT2D eigenvalue weighted by Gasteiger charge is 2.19. The van der Waals surface area contributed by atoms with Crippen LogP contribution in [0.25, 0.3) is 10.4 Å². The van der Waals surface area contributed by atoms with Crippen LogP contribution in [0.15, 0.2) is 23.1 Å². The molecule has 0 saturated heterocycles. The van der Waals surface area contributed by atoms with E-state index < -0.39 is 10.0 Å². The summed E-state index contributed by atoms with van der Waals surface area (Å²) in [5.41, 5.74) is 1.32. The number of sulfonamides is 1. The number of primary sulfonamides is 1. The molecular weight excluding hydrogens is 350 g/mol. The normalized spacial score (nSPS) is 11.6. The molecule has 0 bridgehead atoms. The summed E-state index contributed by atoms with van der Waals surface area (Å²) in [4.78, 5) is 16.8. The molecule has 24 heavy (non-hydrogen) atoms. The highest BCUT2D eigenvalue weighted by Crippen LogP contribution is 2.36. The topological polar surface area (TPSA) is 111 Å². The third-order valence-electron chi connectivity index (χ3n) is 3.28. The van der Waals surface area contributed by atoms with E-state index in [1.807, 2.05) is 0 Å². The number of aryl methyl sites for hydroxylation is 1. The Labute approximate surface area is 144 Å². The number of ether oxygens (including phenoxy) is 1. The van der Waals surface area contributed by atoms with E-state index in [0.717, 1.165) is 4.88 Å². The minimum absolute atomic E-state index is 0.0944. The first-order chi connectivity index (χ1) is 11.1. The van der Waals surface area contributed by atoms with Crippen LogP contribution in [0.3, 0.4) is 0 Å². The third-order valence-corrected chi connectivity index (χ3v) is 5.34. The van der Waals surface area contributed by atoms with Crippen molar-refractivity contribution in [2.24, 2.45) is 11.1 Å². The summed E-state index contributed by atoms with van der Waals surface area (Å²) in [6, 6.07) is 4.71. The maximum atomic E-state index is 11.8. The molecule has 0 atom stereocenters. The zero-order chi connectivity index (χ0) is 18.1. The number of benzene rings is 1. The monoisotopic (exact) mass is 369 g/mol. The molecule has 0 unspecified atom stereocenters. The van der Waals surface area contributed by atoms with Crippen LogP contribution < -0.4 is 15.2 Å². The lowest BCUT2D eigenvalue weighted by molar-refractivity contribution is -0.118. The zero-order valence-electron chi connectivity index (χ0n) is 13.8. The highest BCUT2D eigenvalue weighted by molar-refractivity contribution is 7.89. The van der Waals surface area contributed by atoms with Crippen molar-refractivity contribution >= 4 is 32.4 Å². The third kappa shape index (κ3) is 3.92. The van der Waals surface area contributed by atoms with Crippen molar-refractivity contribution in [2.45, 2.75) is 25.7 Å². The molecule has 0 fully saturated rings. The number of rotatable bonds is 5. The molecule has 7 nitrogen and oxygen atoms in total. The summed E-state index contributed by atoms with van der Waals surface area (Å²) >= 11 is 1.27. The average molecular weight is 369 g/mol. The number of methoxy groups -OCH3 is 1. The van der Waals surface area contributed by atoms with Gasteiger partial charge in [-0.05, 0) is 30.7 Å². The second-order valence-corrected chi connectivity index (χ2v) is 8.02. The fraction of sp³-hybridized carbons (Fsp3) is 0.333. The molecule has 0 radical (unpaired) electrons. The minimum Gasteiger partial charge on any atom is -0.495 e. The molecule has 1 aromatic carbocycles. The minimum atomic E-state index is -3.92. The van der Waals surface area contributed by atoms with Gasteiger partial charge in [-0.3, -0.25) is 4.79 Å². The summed E-state index contributed by atoms with van der Waals surface area (Å²) in [5.74, 6) is -0.111. The number of nitrogens with zero attached hydrogens (tertiary/aromatic N) is 1. The zero-order valence-corrected chi connectivity index (χ0v) is 15.4. The summed E-state index contributed by atoms with van der Waals surface area (Å²) in [5, 5.41) is 8.45. The summed E-state index contributed by atoms with van der Waals surface area (Å²) in [7, 11) is -2.55. The molecule has 130 valence electrons. The maximum Gasteiger partial charge on any atom is 0.241 e. The number of amides is 1. The van der Waals surface area contributed by atoms with E-state index in [0.29, 0.717) is 16.4 Å². The van der Waals surface area contributed by atoms with Gasteiger partial charge >= 0.3 is 0 Å². The fourth-order valence-corrected chi connectivity index (χ4v) is 3.70. The molecule has 9 heteroatoms. The van der Waals surface area contributed by atoms with E-state index >= 15 is 0 Å². The van der Waals surface area contributed by atoms with Crippen LogP contribution in [0.5, 0.6) is 5.75 Å². The molecule has 1 heterocycles. The van der Waals surface area contributed by atoms with Crippen LogP contribution in [-0.2, 0) is 14.8 Å². The molecule has 0 spiro atoms. The van der Waals surface area contributed by atoms with Gasteiger partial charge in [0.05, 0.1) is 17.7 Å². The van der Waals surface area contributed by atoms with Crippen LogP contribution in [0.4, 0.5) is 5.13 Å². The Balaban J connectivity index is 2.46. The van der Waals surface area contributed by atoms with Crippen molar-refractivity contribution in [2.75, 3.05) is 12.4 Å². The van der Waals surface area contributed by atoms with Crippen molar-refractivity contribution in [3.05, 3.63) is 23.9 Å². The maximum absolute atomic E-state index is 11.8. The molecule has 2 aromatic rings. The van der Waals surface area contributed by atoms with Gasteiger partial charge in [-0.15, -0.1) is 0 Å². The van der Waals surface area contributed by atoms with Crippen LogP contribution in [-0.4, -0.2) is 26.4 Å². The van der Waals surface area contributed by atoms with Gasteiger partial charge in [-0.2, -0.15) is 0 Å². The Kier molecular flexibility index (Phi) is 5.26. The van der Waals surface area contributed by atoms with Gasteiger partial charge < -0.3 is 10.1 Å². The number of hydrogen-bond acceptors (Lipinski definition) is 6. The number of hydrogen-bond donors (Lipinski definition) is 2. The Hall–Kier alpha value is -1.97. The number of nitrogens with two attached hydrogens (primary N) is 1. The predicted molar refractivity (Wildman–Crippen MR) is 93.7 cm³/mol. The number of aromatic nitrogens is 1. The summed E-state index contributed by atoms with van der Waals surface area (Å²) in [6.45, 7) is 5.37. The van der Waals surface area contributed by atoms with E-state index in [1.165, 1.54) is 24.5 Å². The molecule has 1 amide bonds. The van der Waals surface area contributed by atoms with Crippen molar-refractivity contribution in [3.63, 3.8) is 0 Å². The Morgan fingerprint density at radius 1 is 1.38 bits per heavy atom. The standard InChI is InChI=1S/C15H19N3O4S2/c1-8(2)14(19)18-15-17-9(3)13(23-15)10-5-6-11(22-4)12(7-10)24(16,20)21/h5-8H,1-4H3,(H2,16,20,21)(H,17,18,19). The lowest BCUT2D eigenvalue weighted by atomic mass is 10.1. The van der Waals surface area contributed by atoms with Gasteiger partial charge in [0, 0.05) is 5.92 Å². The van der Waals surface area contributed by atoms with E-state index in [9.17, 15) is 13.2 Å². The van der Waals surface area contributed by atoms with Crippen molar-refractivity contribution < 1.29 is 17.9 Å². The lowest BCUT2D eigenvalue weighted by Gasteiger charge is -2.08. The van der Waals surface area contributed by atoms with Crippen molar-refractivity contribution in [1.29, 1.82) is 0 Å². The van der Waals surface area contributed by atoms with Crippen molar-refractivity contribution in [1.82, 2.24) is 4.98 Å². The fourth-order valence-electron chi connectivity index (χ4n) is 2.01. The van der Waals surface area contributed by atoms with E-state index in [1.54, 1.807) is 32.9 Å². The quantitative estimate of drug-likeness (QED) is 0.840. The number of anilines is 1. The second-order valence-electron chi connectivity index (χ2n) is 5.49. The van der Waals surface area contributed by atoms with E-state index in [2.05, 4.69) is 10.3 Å². The van der Waals surface area contributed by atoms with Gasteiger partial charge in [0.1, 0.15) is 10.6 Å². The number of thiazole rings is 1. The lowest BCUT2D eigenvalue weighted by Crippen LogP contribution is -2.17. The summed E-state index contributed by atoms with van der Waals surface area (Å²) < 4.78 is 28.5. The molecule has 0 aliphatic carbocycles. The average Bonchev–Trinajstić information content (AvgIpc) is 2.86. The molecule has 0 aliphatic rings. The van der Waals surface area contributed by atoms with Gasteiger partial charge in [0.15, 0.2) is 5.13 Å². The van der Waals surface area contributed by atoms with Crippen molar-refractivity contribution in [3.8, 4) is 16.2 Å². The first-order valence-corrected chi connectivity index (χ1v) is 9.49. The van der Waals surface area contributed by atoms with Crippen LogP contribution in [0.2, 0.25) is 0 Å². The first-order valence-electron chi connectivity index (χ1n) is 7.13. The molecular formula is C15H19N3O4S2. The molecule has 3 N–H and O–H groups in total. The SMILES string of the molecule is COc1ccc(-c2sc(NC(=O)C(C)C)nc2C)cc1S(N)(=O)=O. The van der Waals surface area contributed by atoms with Crippen LogP contribution in [0, 0.1) is 12.8 Å². The first kappa shape index (κ1) is 18.4. The number of nitrogens with one attached hydrogen (secondary N) is 1. The van der Waals surface area contributed by atoms with E-state index in [4.69, 9.17) is 9.88 Å². The largest absolute Gasteiger partial charge is 0.495 e. The Morgan fingerprint density at radius 2 is 2.04 bits per heavy atom. The second kappa shape index (κ2) is 6.88. The van der Waals surface area contributed by atoms with Gasteiger partial charge in [-0.25, -0.2) is 18.5 Å². The van der Waals surface area contributed by atoms with Gasteiger partial charge in [0.2, 0.25) is 15.9 Å². The van der Waals surface area contributed by atoms with Crippen LogP contribution in [0.1, 0.15) is 19.5 Å². The van der Waals surface area contributed by atoms with Crippen LogP contribution >= 0.6 is 11.3 Å².